The van der Waals surface area contributed by atoms with Crippen LogP contribution in [0.4, 0.5) is 4.79 Å². The summed E-state index contributed by atoms with van der Waals surface area (Å²) in [5.41, 5.74) is 6.82. The molecule has 0 aliphatic heterocycles. The summed E-state index contributed by atoms with van der Waals surface area (Å²) < 4.78 is 34.6. The molecule has 5 aromatic rings. The van der Waals surface area contributed by atoms with Crippen LogP contribution in [0.1, 0.15) is 41.2 Å². The number of ether oxygens (including phenoxy) is 2. The highest BCUT2D eigenvalue weighted by molar-refractivity contribution is 7.47. The zero-order valence-corrected chi connectivity index (χ0v) is 28.5. The third-order valence-electron chi connectivity index (χ3n) is 7.73. The first kappa shape index (κ1) is 35.2. The number of hydrogen-bond donors (Lipinski definition) is 1. The summed E-state index contributed by atoms with van der Waals surface area (Å²) in [5, 5.41) is 0. The molecular weight excluding hydrogens is 637 g/mol. The normalized spacial score (nSPS) is 12.7. The van der Waals surface area contributed by atoms with Crippen molar-refractivity contribution in [2.75, 3.05) is 20.2 Å². The highest BCUT2D eigenvalue weighted by atomic mass is 31.2. The minimum Gasteiger partial charge on any atom is -0.492 e. The van der Waals surface area contributed by atoms with Crippen molar-refractivity contribution >= 4 is 25.1 Å². The summed E-state index contributed by atoms with van der Waals surface area (Å²) in [4.78, 5) is 24.2. The average molecular weight is 678 g/mol. The van der Waals surface area contributed by atoms with Crippen LogP contribution in [0.15, 0.2) is 140 Å². The Bertz CT molecular complexity index is 1850. The molecule has 9 heteroatoms. The molecule has 1 atom stereocenters. The van der Waals surface area contributed by atoms with Gasteiger partial charge in [-0.25, -0.2) is 9.36 Å². The average Bonchev–Trinajstić information content (AvgIpc) is 3.14. The van der Waals surface area contributed by atoms with E-state index in [9.17, 15) is 14.3 Å². The molecule has 252 valence electrons. The zero-order valence-electron chi connectivity index (χ0n) is 27.6. The standard InChI is InChI=1S/C40H40NO7P/c1-3-38(33-17-11-6-12-18-33)39(35-21-25-37(26-22-35)48-49(43,44)47-30-32-15-9-5-10-16-32)34-19-23-36(24-20-34)45-28-27-41(2)40(42)46-29-31-13-7-4-8-14-31/h4-26H,3,27-30H2,1-2H3,(H,43,44)/b39-38+. The molecule has 5 rings (SSSR count). The van der Waals surface area contributed by atoms with E-state index in [1.807, 2.05) is 115 Å². The fourth-order valence-electron chi connectivity index (χ4n) is 5.19. The number of carbonyl (C=O) groups excluding carboxylic acids is 1. The SMILES string of the molecule is CC/C(=C(/c1ccc(OCCN(C)C(=O)OCc2ccccc2)cc1)c1ccc(OP(=O)(O)OCc2ccccc2)cc1)c1ccccc1. The van der Waals surface area contributed by atoms with Crippen molar-refractivity contribution in [3.05, 3.63) is 167 Å². The van der Waals surface area contributed by atoms with Gasteiger partial charge in [0.1, 0.15) is 24.7 Å². The number of hydrogen-bond acceptors (Lipinski definition) is 6. The van der Waals surface area contributed by atoms with Crippen LogP contribution in [0, 0.1) is 0 Å². The predicted molar refractivity (Wildman–Crippen MR) is 192 cm³/mol. The van der Waals surface area contributed by atoms with Crippen LogP contribution in [0.25, 0.3) is 11.1 Å². The lowest BCUT2D eigenvalue weighted by atomic mass is 9.88. The molecule has 1 unspecified atom stereocenters. The van der Waals surface area contributed by atoms with E-state index in [2.05, 4.69) is 19.1 Å². The first-order chi connectivity index (χ1) is 23.8. The number of allylic oxidation sites excluding steroid dienone is 1. The molecule has 0 radical (unpaired) electrons. The Hall–Kier alpha value is -5.14. The molecule has 0 aliphatic carbocycles. The molecule has 0 aromatic heterocycles. The number of amides is 1. The number of likely N-dealkylation sites (N-methyl/N-ethyl adjacent to an activating group) is 1. The van der Waals surface area contributed by atoms with E-state index >= 15 is 0 Å². The Balaban J connectivity index is 1.27. The Labute approximate surface area is 287 Å². The number of rotatable bonds is 15. The number of phosphoric ester groups is 1. The van der Waals surface area contributed by atoms with Crippen molar-refractivity contribution in [3.8, 4) is 11.5 Å². The molecule has 8 nitrogen and oxygen atoms in total. The number of benzene rings is 5. The van der Waals surface area contributed by atoms with Gasteiger partial charge in [0.05, 0.1) is 13.2 Å². The van der Waals surface area contributed by atoms with Crippen molar-refractivity contribution < 1.29 is 32.8 Å². The van der Waals surface area contributed by atoms with E-state index in [0.29, 0.717) is 18.9 Å². The van der Waals surface area contributed by atoms with E-state index < -0.39 is 13.9 Å². The second-order valence-electron chi connectivity index (χ2n) is 11.3. The molecule has 1 N–H and O–H groups in total. The monoisotopic (exact) mass is 677 g/mol. The van der Waals surface area contributed by atoms with Gasteiger partial charge in [0.15, 0.2) is 0 Å². The van der Waals surface area contributed by atoms with Gasteiger partial charge < -0.3 is 18.9 Å². The molecular formula is C40H40NO7P. The number of nitrogens with zero attached hydrogens (tertiary/aromatic N) is 1. The lowest BCUT2D eigenvalue weighted by Crippen LogP contribution is -2.31. The van der Waals surface area contributed by atoms with E-state index in [1.165, 1.54) is 4.90 Å². The minimum atomic E-state index is -4.35. The minimum absolute atomic E-state index is 0.0474. The van der Waals surface area contributed by atoms with Crippen molar-refractivity contribution in [1.82, 2.24) is 4.90 Å². The maximum Gasteiger partial charge on any atom is 0.527 e. The summed E-state index contributed by atoms with van der Waals surface area (Å²) in [6, 6.07) is 43.8. The van der Waals surface area contributed by atoms with Crippen LogP contribution < -0.4 is 9.26 Å². The molecule has 0 saturated heterocycles. The topological polar surface area (TPSA) is 94.5 Å². The van der Waals surface area contributed by atoms with Gasteiger partial charge in [-0.2, -0.15) is 0 Å². The summed E-state index contributed by atoms with van der Waals surface area (Å²) in [6.45, 7) is 2.94. The first-order valence-electron chi connectivity index (χ1n) is 16.1. The Morgan fingerprint density at radius 1 is 0.673 bits per heavy atom. The van der Waals surface area contributed by atoms with E-state index in [-0.39, 0.29) is 19.0 Å². The van der Waals surface area contributed by atoms with Crippen LogP contribution >= 0.6 is 7.82 Å². The second-order valence-corrected chi connectivity index (χ2v) is 12.6. The van der Waals surface area contributed by atoms with Gasteiger partial charge >= 0.3 is 13.9 Å². The molecule has 0 fully saturated rings. The van der Waals surface area contributed by atoms with Gasteiger partial charge in [0.2, 0.25) is 0 Å². The second kappa shape index (κ2) is 17.3. The van der Waals surface area contributed by atoms with Gasteiger partial charge in [-0.05, 0) is 69.6 Å². The smallest absolute Gasteiger partial charge is 0.492 e. The van der Waals surface area contributed by atoms with Crippen LogP contribution in [-0.4, -0.2) is 36.1 Å². The third-order valence-corrected chi connectivity index (χ3v) is 8.63. The summed E-state index contributed by atoms with van der Waals surface area (Å²) in [6.07, 6.45) is 0.352. The molecule has 0 heterocycles. The molecule has 1 amide bonds. The predicted octanol–water partition coefficient (Wildman–Crippen LogP) is 9.40. The zero-order chi connectivity index (χ0) is 34.5. The number of carbonyl (C=O) groups is 1. The van der Waals surface area contributed by atoms with Gasteiger partial charge in [-0.1, -0.05) is 122 Å². The highest BCUT2D eigenvalue weighted by Crippen LogP contribution is 2.45. The van der Waals surface area contributed by atoms with Crippen molar-refractivity contribution in [2.24, 2.45) is 0 Å². The first-order valence-corrected chi connectivity index (χ1v) is 17.6. The Kier molecular flexibility index (Phi) is 12.4. The number of phosphoric acid groups is 1. The lowest BCUT2D eigenvalue weighted by molar-refractivity contribution is 0.0994. The summed E-state index contributed by atoms with van der Waals surface area (Å²) >= 11 is 0. The Morgan fingerprint density at radius 2 is 1.18 bits per heavy atom. The van der Waals surface area contributed by atoms with Crippen molar-refractivity contribution in [2.45, 2.75) is 26.6 Å². The Morgan fingerprint density at radius 3 is 1.73 bits per heavy atom. The van der Waals surface area contributed by atoms with Crippen LogP contribution in [-0.2, 0) is 27.0 Å². The van der Waals surface area contributed by atoms with Gasteiger partial charge in [-0.15, -0.1) is 0 Å². The van der Waals surface area contributed by atoms with E-state index in [0.717, 1.165) is 45.4 Å². The van der Waals surface area contributed by atoms with Crippen LogP contribution in [0.2, 0.25) is 0 Å². The van der Waals surface area contributed by atoms with Crippen LogP contribution in [0.3, 0.4) is 0 Å². The molecule has 5 aromatic carbocycles. The molecule has 0 bridgehead atoms. The van der Waals surface area contributed by atoms with Gasteiger partial charge in [-0.3, -0.25) is 9.42 Å². The summed E-state index contributed by atoms with van der Waals surface area (Å²) in [5.74, 6) is 0.891. The van der Waals surface area contributed by atoms with Crippen molar-refractivity contribution in [3.63, 3.8) is 0 Å². The molecule has 0 saturated carbocycles. The highest BCUT2D eigenvalue weighted by Gasteiger charge is 2.23. The largest absolute Gasteiger partial charge is 0.527 e. The maximum atomic E-state index is 12.7. The third kappa shape index (κ3) is 10.4. The fourth-order valence-corrected chi connectivity index (χ4v) is 5.94. The summed E-state index contributed by atoms with van der Waals surface area (Å²) in [7, 11) is -2.67. The molecule has 49 heavy (non-hydrogen) atoms. The van der Waals surface area contributed by atoms with Gasteiger partial charge in [0.25, 0.3) is 0 Å². The van der Waals surface area contributed by atoms with E-state index in [1.54, 1.807) is 19.2 Å². The fraction of sp³-hybridized carbons (Fsp3) is 0.175. The maximum absolute atomic E-state index is 12.7. The molecule has 0 spiro atoms. The van der Waals surface area contributed by atoms with Gasteiger partial charge in [0, 0.05) is 7.05 Å². The van der Waals surface area contributed by atoms with Crippen molar-refractivity contribution in [1.29, 1.82) is 0 Å². The quantitative estimate of drug-likeness (QED) is 0.0872. The van der Waals surface area contributed by atoms with Crippen LogP contribution in [0.5, 0.6) is 11.5 Å². The lowest BCUT2D eigenvalue weighted by Gasteiger charge is -2.19. The molecule has 0 aliphatic rings. The van der Waals surface area contributed by atoms with E-state index in [4.69, 9.17) is 18.5 Å².